The molecule has 0 unspecified atom stereocenters. The molecule has 198 valence electrons. The van der Waals surface area contributed by atoms with Gasteiger partial charge in [-0.2, -0.15) is 0 Å². The van der Waals surface area contributed by atoms with Gasteiger partial charge in [-0.25, -0.2) is 0 Å². The molecule has 0 saturated carbocycles. The average molecular weight is 522 g/mol. The first-order chi connectivity index (χ1) is 17.4. The Labute approximate surface area is 221 Å². The van der Waals surface area contributed by atoms with Crippen molar-refractivity contribution in [3.63, 3.8) is 0 Å². The van der Waals surface area contributed by atoms with Crippen LogP contribution in [0, 0.1) is 5.92 Å². The van der Waals surface area contributed by atoms with E-state index in [2.05, 4.69) is 59.0 Å². The van der Waals surface area contributed by atoms with Gasteiger partial charge in [0.1, 0.15) is 11.5 Å². The lowest BCUT2D eigenvalue weighted by Crippen LogP contribution is -2.54. The van der Waals surface area contributed by atoms with E-state index in [9.17, 15) is 9.90 Å². The van der Waals surface area contributed by atoms with E-state index in [0.717, 1.165) is 33.9 Å². The third-order valence-corrected chi connectivity index (χ3v) is 13.4. The maximum Gasteiger partial charge on any atom is 0.265 e. The quantitative estimate of drug-likeness (QED) is 0.551. The van der Waals surface area contributed by atoms with Crippen molar-refractivity contribution in [2.24, 2.45) is 5.92 Å². The zero-order valence-electron chi connectivity index (χ0n) is 23.2. The third-order valence-electron chi connectivity index (χ3n) is 9.03. The lowest BCUT2D eigenvalue weighted by Gasteiger charge is -2.40. The second kappa shape index (κ2) is 8.72. The number of amides is 1. The molecule has 1 spiro atoms. The predicted octanol–water partition coefficient (Wildman–Crippen LogP) is 4.84. The lowest BCUT2D eigenvalue weighted by atomic mass is 9.81. The molecule has 0 bridgehead atoms. The molecule has 2 aromatic rings. The Balaban J connectivity index is 1.71. The Morgan fingerprint density at radius 2 is 1.73 bits per heavy atom. The highest BCUT2D eigenvalue weighted by atomic mass is 28.3. The number of anilines is 1. The second-order valence-corrected chi connectivity index (χ2v) is 16.5. The molecule has 3 aliphatic heterocycles. The van der Waals surface area contributed by atoms with Gasteiger partial charge in [-0.1, -0.05) is 43.4 Å². The number of hydrogen-bond acceptors (Lipinski definition) is 5. The Kier molecular flexibility index (Phi) is 6.13. The summed E-state index contributed by atoms with van der Waals surface area (Å²) in [6.45, 7) is 13.2. The maximum atomic E-state index is 14.6. The molecular weight excluding hydrogens is 482 g/mol. The molecule has 1 amide bonds. The van der Waals surface area contributed by atoms with Gasteiger partial charge in [0, 0.05) is 23.7 Å². The van der Waals surface area contributed by atoms with E-state index in [-0.39, 0.29) is 30.1 Å². The van der Waals surface area contributed by atoms with E-state index in [1.54, 1.807) is 14.2 Å². The zero-order valence-corrected chi connectivity index (χ0v) is 24.2. The Bertz CT molecular complexity index is 1270. The summed E-state index contributed by atoms with van der Waals surface area (Å²) in [5.74, 6) is 1.44. The zero-order chi connectivity index (χ0) is 26.9. The number of aliphatic hydroxyl groups excluding tert-OH is 1. The third kappa shape index (κ3) is 3.54. The van der Waals surface area contributed by atoms with E-state index in [1.165, 1.54) is 5.19 Å². The van der Waals surface area contributed by atoms with Crippen molar-refractivity contribution < 1.29 is 24.1 Å². The van der Waals surface area contributed by atoms with Crippen molar-refractivity contribution in [1.82, 2.24) is 0 Å². The number of methoxy groups -OCH3 is 2. The monoisotopic (exact) mass is 521 g/mol. The van der Waals surface area contributed by atoms with E-state index in [4.69, 9.17) is 14.2 Å². The fourth-order valence-electron chi connectivity index (χ4n) is 7.37. The maximum absolute atomic E-state index is 14.6. The summed E-state index contributed by atoms with van der Waals surface area (Å²) in [5.41, 5.74) is 2.47. The molecule has 7 heteroatoms. The molecule has 4 atom stereocenters. The number of aliphatic hydroxyl groups is 1. The van der Waals surface area contributed by atoms with Crippen molar-refractivity contribution in [3.8, 4) is 11.5 Å². The first kappa shape index (κ1) is 26.0. The normalized spacial score (nSPS) is 27.9. The van der Waals surface area contributed by atoms with Gasteiger partial charge in [0.2, 0.25) is 0 Å². The standard InChI is InChI=1S/C30H39NO5Si/c1-18-17-29(3,4)31-26-23(18)15-21(35-6)16-24(26)30(28(31)33)19(2)27(25(36-30)13-14-32)37(7,8)22-11-9-20(34-5)10-12-22/h9-12,15-17,19,25,27,32H,13-14H2,1-8H3/t19-,25+,27-,30+/m0/s1. The van der Waals surface area contributed by atoms with Gasteiger partial charge in [-0.3, -0.25) is 9.69 Å². The van der Waals surface area contributed by atoms with Crippen LogP contribution in [0.1, 0.15) is 45.2 Å². The number of nitrogens with zero attached hydrogens (tertiary/aromatic N) is 1. The minimum Gasteiger partial charge on any atom is -0.497 e. The van der Waals surface area contributed by atoms with Crippen LogP contribution in [0.4, 0.5) is 5.69 Å². The molecule has 1 saturated heterocycles. The van der Waals surface area contributed by atoms with Gasteiger partial charge >= 0.3 is 0 Å². The van der Waals surface area contributed by atoms with E-state index < -0.39 is 19.2 Å². The molecule has 5 rings (SSSR count). The molecule has 3 aliphatic rings. The smallest absolute Gasteiger partial charge is 0.265 e. The van der Waals surface area contributed by atoms with E-state index in [0.29, 0.717) is 6.42 Å². The lowest BCUT2D eigenvalue weighted by molar-refractivity contribution is -0.147. The van der Waals surface area contributed by atoms with Crippen LogP contribution >= 0.6 is 0 Å². The van der Waals surface area contributed by atoms with Gasteiger partial charge < -0.3 is 19.3 Å². The predicted molar refractivity (Wildman–Crippen MR) is 149 cm³/mol. The summed E-state index contributed by atoms with van der Waals surface area (Å²) in [5, 5.41) is 11.4. The summed E-state index contributed by atoms with van der Waals surface area (Å²) < 4.78 is 18.1. The first-order valence-electron chi connectivity index (χ1n) is 13.1. The Morgan fingerprint density at radius 3 is 2.32 bits per heavy atom. The highest BCUT2D eigenvalue weighted by Gasteiger charge is 2.68. The number of carbonyl (C=O) groups excluding carboxylic acids is 1. The first-order valence-corrected chi connectivity index (χ1v) is 16.2. The Morgan fingerprint density at radius 1 is 1.08 bits per heavy atom. The van der Waals surface area contributed by atoms with Gasteiger partial charge in [0.05, 0.1) is 39.6 Å². The molecule has 1 N–H and O–H groups in total. The number of rotatable bonds is 6. The van der Waals surface area contributed by atoms with E-state index in [1.807, 2.05) is 29.2 Å². The van der Waals surface area contributed by atoms with Crippen molar-refractivity contribution >= 4 is 30.4 Å². The number of fused-ring (bicyclic) bond motifs is 1. The highest BCUT2D eigenvalue weighted by Crippen LogP contribution is 2.63. The van der Waals surface area contributed by atoms with Crippen molar-refractivity contribution in [2.45, 2.75) is 70.0 Å². The summed E-state index contributed by atoms with van der Waals surface area (Å²) >= 11 is 0. The van der Waals surface area contributed by atoms with Gasteiger partial charge in [-0.05, 0) is 62.6 Å². The molecule has 0 radical (unpaired) electrons. The summed E-state index contributed by atoms with van der Waals surface area (Å²) in [6.07, 6.45) is 2.41. The molecule has 6 nitrogen and oxygen atoms in total. The van der Waals surface area contributed by atoms with E-state index >= 15 is 0 Å². The number of carbonyl (C=O) groups is 1. The number of hydrogen-bond donors (Lipinski definition) is 1. The fourth-order valence-corrected chi connectivity index (χ4v) is 11.4. The fraction of sp³-hybridized carbons (Fsp3) is 0.500. The van der Waals surface area contributed by atoms with Crippen LogP contribution in [0.15, 0.2) is 42.5 Å². The van der Waals surface area contributed by atoms with Crippen molar-refractivity contribution in [3.05, 3.63) is 53.6 Å². The minimum absolute atomic E-state index is 0.0109. The summed E-state index contributed by atoms with van der Waals surface area (Å²) in [6, 6.07) is 12.4. The van der Waals surface area contributed by atoms with Crippen LogP contribution in [0.25, 0.3) is 5.57 Å². The van der Waals surface area contributed by atoms with Crippen LogP contribution in [0.3, 0.4) is 0 Å². The van der Waals surface area contributed by atoms with Gasteiger partial charge in [0.15, 0.2) is 5.60 Å². The molecule has 1 fully saturated rings. The molecule has 2 aromatic carbocycles. The molecule has 3 heterocycles. The van der Waals surface area contributed by atoms with Gasteiger partial charge in [-0.15, -0.1) is 0 Å². The highest BCUT2D eigenvalue weighted by molar-refractivity contribution is 6.91. The summed E-state index contributed by atoms with van der Waals surface area (Å²) in [4.78, 5) is 16.6. The SMILES string of the molecule is COc1ccc([Si](C)(C)[C@@H]2[C@@H](CCO)O[C@]3(C(=O)N4c5c(cc(OC)cc53)C(C)=CC4(C)C)[C@H]2C)cc1. The van der Waals surface area contributed by atoms with Crippen LogP contribution < -0.4 is 19.6 Å². The number of ether oxygens (including phenoxy) is 3. The second-order valence-electron chi connectivity index (χ2n) is 11.9. The molecule has 0 aliphatic carbocycles. The number of benzene rings is 2. The molecule has 0 aromatic heterocycles. The molecular formula is C30H39NO5Si. The minimum atomic E-state index is -2.20. The topological polar surface area (TPSA) is 68.2 Å². The summed E-state index contributed by atoms with van der Waals surface area (Å²) in [7, 11) is 1.14. The van der Waals surface area contributed by atoms with Crippen molar-refractivity contribution in [1.29, 1.82) is 0 Å². The number of allylic oxidation sites excluding steroid dienone is 1. The molecule has 37 heavy (non-hydrogen) atoms. The average Bonchev–Trinajstić information content (AvgIpc) is 3.29. The van der Waals surface area contributed by atoms with Crippen LogP contribution in [-0.2, 0) is 15.1 Å². The van der Waals surface area contributed by atoms with Crippen LogP contribution in [0.2, 0.25) is 18.6 Å². The largest absolute Gasteiger partial charge is 0.497 e. The van der Waals surface area contributed by atoms with Crippen molar-refractivity contribution in [2.75, 3.05) is 25.7 Å². The van der Waals surface area contributed by atoms with Gasteiger partial charge in [0.25, 0.3) is 5.91 Å². The van der Waals surface area contributed by atoms with Crippen LogP contribution in [-0.4, -0.2) is 51.6 Å². The Hall–Kier alpha value is -2.61. The van der Waals surface area contributed by atoms with Crippen LogP contribution in [0.5, 0.6) is 11.5 Å².